The van der Waals surface area contributed by atoms with Crippen molar-refractivity contribution >= 4 is 34.1 Å². The Kier molecular flexibility index (Phi) is 4.36. The van der Waals surface area contributed by atoms with E-state index in [0.29, 0.717) is 11.6 Å². The van der Waals surface area contributed by atoms with Gasteiger partial charge in [0.05, 0.1) is 24.7 Å². The number of carbonyl (C=O) groups is 1. The fourth-order valence-electron chi connectivity index (χ4n) is 2.57. The van der Waals surface area contributed by atoms with Gasteiger partial charge in [-0.05, 0) is 17.5 Å². The minimum atomic E-state index is -0.527. The molecule has 8 nitrogen and oxygen atoms in total. The molecule has 0 fully saturated rings. The molecule has 2 heterocycles. The van der Waals surface area contributed by atoms with Crippen LogP contribution < -0.4 is 15.4 Å². The van der Waals surface area contributed by atoms with Gasteiger partial charge in [-0.1, -0.05) is 41.5 Å². The lowest BCUT2D eigenvalue weighted by molar-refractivity contribution is 0.0991. The molecule has 4 rings (SSSR count). The number of methoxy groups -OCH3 is 1. The van der Waals surface area contributed by atoms with Gasteiger partial charge in [0.15, 0.2) is 0 Å². The second-order valence-electron chi connectivity index (χ2n) is 5.61. The fraction of sp³-hybridized carbons (Fsp3) is 0.0526. The highest BCUT2D eigenvalue weighted by Crippen LogP contribution is 2.25. The Morgan fingerprint density at radius 2 is 1.89 bits per heavy atom. The number of nitrogens with one attached hydrogen (secondary N) is 2. The van der Waals surface area contributed by atoms with E-state index in [0.717, 1.165) is 16.5 Å². The van der Waals surface area contributed by atoms with Crippen LogP contribution in [0.3, 0.4) is 0 Å². The maximum absolute atomic E-state index is 12.3. The third kappa shape index (κ3) is 3.54. The first-order valence-corrected chi connectivity index (χ1v) is 8.12. The number of rotatable bonds is 5. The molecule has 1 amide bonds. The highest BCUT2D eigenvalue weighted by atomic mass is 16.5. The summed E-state index contributed by atoms with van der Waals surface area (Å²) in [5.74, 6) is -0.235. The van der Waals surface area contributed by atoms with E-state index in [2.05, 4.69) is 25.8 Å². The number of benzene rings is 2. The minimum absolute atomic E-state index is 0.129. The zero-order chi connectivity index (χ0) is 18.6. The van der Waals surface area contributed by atoms with Crippen LogP contribution in [0.2, 0.25) is 0 Å². The number of amides is 1. The smallest absolute Gasteiger partial charge is 0.320 e. The van der Waals surface area contributed by atoms with Gasteiger partial charge in [0.2, 0.25) is 5.88 Å². The molecule has 0 spiro atoms. The molecule has 0 radical (unpaired) electrons. The molecule has 0 aliphatic rings. The summed E-state index contributed by atoms with van der Waals surface area (Å²) >= 11 is 0. The number of fused-ring (bicyclic) bond motifs is 1. The van der Waals surface area contributed by atoms with Crippen LogP contribution in [0, 0.1) is 0 Å². The molecular weight excluding hydrogens is 346 g/mol. The predicted octanol–water partition coefficient (Wildman–Crippen LogP) is 3.62. The molecule has 27 heavy (non-hydrogen) atoms. The number of nitrogens with zero attached hydrogens (tertiary/aromatic N) is 3. The van der Waals surface area contributed by atoms with Crippen molar-refractivity contribution in [3.8, 4) is 5.88 Å². The number of aromatic nitrogens is 3. The molecule has 2 aromatic carbocycles. The highest BCUT2D eigenvalue weighted by molar-refractivity contribution is 6.01. The first kappa shape index (κ1) is 16.5. The molecule has 0 unspecified atom stereocenters. The van der Waals surface area contributed by atoms with Crippen LogP contribution in [0.1, 0.15) is 10.7 Å². The summed E-state index contributed by atoms with van der Waals surface area (Å²) in [6.07, 6.45) is 1.47. The second-order valence-corrected chi connectivity index (χ2v) is 5.61. The maximum atomic E-state index is 12.3. The van der Waals surface area contributed by atoms with Crippen molar-refractivity contribution in [2.45, 2.75) is 0 Å². The topological polar surface area (TPSA) is 102 Å². The fourth-order valence-corrected chi connectivity index (χ4v) is 2.57. The summed E-state index contributed by atoms with van der Waals surface area (Å²) in [5, 5.41) is 15.4. The van der Waals surface area contributed by atoms with Crippen LogP contribution >= 0.6 is 0 Å². The van der Waals surface area contributed by atoms with Gasteiger partial charge < -0.3 is 19.8 Å². The molecule has 0 saturated heterocycles. The molecule has 8 heteroatoms. The number of ether oxygens (including phenoxy) is 1. The van der Waals surface area contributed by atoms with Crippen molar-refractivity contribution in [3.63, 3.8) is 0 Å². The lowest BCUT2D eigenvalue weighted by Crippen LogP contribution is -2.12. The molecular formula is C19H15N5O3. The largest absolute Gasteiger partial charge is 0.481 e. The highest BCUT2D eigenvalue weighted by Gasteiger charge is 2.16. The third-order valence-electron chi connectivity index (χ3n) is 3.85. The maximum Gasteiger partial charge on any atom is 0.320 e. The van der Waals surface area contributed by atoms with Crippen LogP contribution in [0.25, 0.3) is 10.8 Å². The van der Waals surface area contributed by atoms with Gasteiger partial charge in [-0.2, -0.15) is 0 Å². The molecule has 4 aromatic rings. The van der Waals surface area contributed by atoms with Crippen molar-refractivity contribution in [1.29, 1.82) is 0 Å². The lowest BCUT2D eigenvalue weighted by atomic mass is 10.1. The number of hydrogen-bond acceptors (Lipinski definition) is 7. The van der Waals surface area contributed by atoms with Crippen LogP contribution in [0.5, 0.6) is 5.88 Å². The third-order valence-corrected chi connectivity index (χ3v) is 3.85. The van der Waals surface area contributed by atoms with Crippen LogP contribution in [-0.2, 0) is 0 Å². The van der Waals surface area contributed by atoms with Crippen molar-refractivity contribution in [1.82, 2.24) is 15.2 Å². The summed E-state index contributed by atoms with van der Waals surface area (Å²) < 4.78 is 10.4. The number of pyridine rings is 1. The van der Waals surface area contributed by atoms with E-state index in [1.165, 1.54) is 13.3 Å². The first-order valence-electron chi connectivity index (χ1n) is 8.12. The van der Waals surface area contributed by atoms with E-state index in [4.69, 9.17) is 9.15 Å². The molecule has 2 aromatic heterocycles. The van der Waals surface area contributed by atoms with Crippen molar-refractivity contribution in [3.05, 3.63) is 66.7 Å². The Hall–Kier alpha value is -3.94. The normalized spacial score (nSPS) is 10.6. The zero-order valence-corrected chi connectivity index (χ0v) is 14.3. The summed E-state index contributed by atoms with van der Waals surface area (Å²) in [5.41, 5.74) is 1.30. The van der Waals surface area contributed by atoms with Gasteiger partial charge in [-0.25, -0.2) is 4.98 Å². The van der Waals surface area contributed by atoms with Gasteiger partial charge in [0, 0.05) is 11.5 Å². The van der Waals surface area contributed by atoms with Gasteiger partial charge >= 0.3 is 17.8 Å². The van der Waals surface area contributed by atoms with E-state index in [9.17, 15) is 4.79 Å². The number of hydrogen-bond donors (Lipinski definition) is 2. The van der Waals surface area contributed by atoms with E-state index in [1.54, 1.807) is 12.1 Å². The lowest BCUT2D eigenvalue weighted by Gasteiger charge is -2.05. The molecule has 0 atom stereocenters. The Morgan fingerprint density at radius 1 is 1.04 bits per heavy atom. The average molecular weight is 361 g/mol. The molecule has 0 bridgehead atoms. The van der Waals surface area contributed by atoms with Crippen LogP contribution in [0.4, 0.5) is 17.4 Å². The summed E-state index contributed by atoms with van der Waals surface area (Å²) in [4.78, 5) is 16.3. The molecule has 0 aliphatic heterocycles. The summed E-state index contributed by atoms with van der Waals surface area (Å²) in [6.45, 7) is 0. The average Bonchev–Trinajstić information content (AvgIpc) is 3.18. The molecule has 0 aliphatic carbocycles. The van der Waals surface area contributed by atoms with E-state index in [-0.39, 0.29) is 11.9 Å². The van der Waals surface area contributed by atoms with Gasteiger partial charge in [-0.15, -0.1) is 5.10 Å². The Bertz CT molecular complexity index is 1090. The Labute approximate surface area is 154 Å². The predicted molar refractivity (Wildman–Crippen MR) is 100 cm³/mol. The summed E-state index contributed by atoms with van der Waals surface area (Å²) in [7, 11) is 1.52. The van der Waals surface area contributed by atoms with E-state index in [1.807, 2.05) is 42.5 Å². The Balaban J connectivity index is 1.50. The quantitative estimate of drug-likeness (QED) is 0.559. The molecule has 0 saturated carbocycles. The standard InChI is InChI=1S/C19H15N5O3/c1-26-16-10-9-13(11-20-16)21-17(25)18-23-24-19(27-18)22-15-8-4-6-12-5-2-3-7-14(12)15/h2-11H,1H3,(H,21,25)(H,22,24). The number of carbonyl (C=O) groups excluding carboxylic acids is 1. The monoisotopic (exact) mass is 361 g/mol. The minimum Gasteiger partial charge on any atom is -0.481 e. The second kappa shape index (κ2) is 7.12. The van der Waals surface area contributed by atoms with E-state index < -0.39 is 5.91 Å². The summed E-state index contributed by atoms with van der Waals surface area (Å²) in [6, 6.07) is 17.2. The Morgan fingerprint density at radius 3 is 2.70 bits per heavy atom. The van der Waals surface area contributed by atoms with Crippen molar-refractivity contribution in [2.75, 3.05) is 17.7 Å². The van der Waals surface area contributed by atoms with Crippen molar-refractivity contribution < 1.29 is 13.9 Å². The van der Waals surface area contributed by atoms with Gasteiger partial charge in [0.25, 0.3) is 0 Å². The molecule has 134 valence electrons. The van der Waals surface area contributed by atoms with Crippen LogP contribution in [-0.4, -0.2) is 28.2 Å². The van der Waals surface area contributed by atoms with Crippen molar-refractivity contribution in [2.24, 2.45) is 0 Å². The van der Waals surface area contributed by atoms with E-state index >= 15 is 0 Å². The zero-order valence-electron chi connectivity index (χ0n) is 14.3. The SMILES string of the molecule is COc1ccc(NC(=O)c2nnc(Nc3cccc4ccccc34)o2)cn1. The first-order chi connectivity index (χ1) is 13.2. The molecule has 2 N–H and O–H groups in total. The van der Waals surface area contributed by atoms with Crippen LogP contribution in [0.15, 0.2) is 65.2 Å². The van der Waals surface area contributed by atoms with Gasteiger partial charge in [-0.3, -0.25) is 4.79 Å². The number of anilines is 3. The van der Waals surface area contributed by atoms with Gasteiger partial charge in [0.1, 0.15) is 0 Å².